The molecule has 14 rings (SSSR count). The molecule has 6 nitrogen and oxygen atoms in total. The predicted molar refractivity (Wildman–Crippen MR) is 281 cm³/mol. The monoisotopic (exact) mass is 882 g/mol. The summed E-state index contributed by atoms with van der Waals surface area (Å²) in [6.07, 6.45) is 0. The van der Waals surface area contributed by atoms with Crippen LogP contribution in [0.4, 0.5) is 0 Å². The lowest BCUT2D eigenvalue weighted by Gasteiger charge is -2.13. The van der Waals surface area contributed by atoms with Crippen LogP contribution in [0.5, 0.6) is 0 Å². The van der Waals surface area contributed by atoms with Gasteiger partial charge in [-0.2, -0.15) is 0 Å². The maximum Gasteiger partial charge on any atom is 0.164 e. The molecule has 322 valence electrons. The summed E-state index contributed by atoms with van der Waals surface area (Å²) in [4.78, 5) is 15.1. The second kappa shape index (κ2) is 15.6. The number of fused-ring (bicyclic) bond motifs is 9. The van der Waals surface area contributed by atoms with E-state index in [1.165, 1.54) is 21.9 Å². The Morgan fingerprint density at radius 3 is 1.42 bits per heavy atom. The lowest BCUT2D eigenvalue weighted by molar-refractivity contribution is 0.668. The molecule has 0 aliphatic heterocycles. The largest absolute Gasteiger partial charge is 0.456 e. The molecule has 0 aliphatic rings. The van der Waals surface area contributed by atoms with Crippen LogP contribution in [-0.2, 0) is 0 Å². The molecule has 69 heavy (non-hydrogen) atoms. The van der Waals surface area contributed by atoms with Crippen LogP contribution in [0.15, 0.2) is 239 Å². The first-order chi connectivity index (χ1) is 34.2. The summed E-state index contributed by atoms with van der Waals surface area (Å²) in [6.45, 7) is 0. The first-order valence-corrected chi connectivity index (χ1v) is 23.2. The Hall–Kier alpha value is -9.39. The van der Waals surface area contributed by atoms with E-state index in [0.717, 1.165) is 99.5 Å². The first kappa shape index (κ1) is 38.8. The third-order valence-electron chi connectivity index (χ3n) is 13.5. The molecule has 10 aromatic carbocycles. The molecule has 0 atom stereocenters. The molecule has 0 amide bonds. The van der Waals surface area contributed by atoms with E-state index in [1.54, 1.807) is 0 Å². The van der Waals surface area contributed by atoms with Crippen molar-refractivity contribution in [3.05, 3.63) is 231 Å². The average molecular weight is 883 g/mol. The maximum atomic E-state index is 6.76. The first-order valence-electron chi connectivity index (χ1n) is 23.2. The van der Waals surface area contributed by atoms with E-state index in [4.69, 9.17) is 23.8 Å². The SMILES string of the molecule is c1ccc(-c2ccc(-c3nc(-c4ccccc4)nc(-c4ccc5c(c4)oc4cc(-c6cc(-n7c8ccccc8c8cc(-c9ccccc9)ccc87)c7c(c6)oc6ccccc67)ccc45)n3)cc2)cc1. The number of rotatable bonds is 7. The number of hydrogen-bond donors (Lipinski definition) is 0. The van der Waals surface area contributed by atoms with Gasteiger partial charge in [-0.15, -0.1) is 0 Å². The highest BCUT2D eigenvalue weighted by Crippen LogP contribution is 2.43. The molecule has 0 bridgehead atoms. The van der Waals surface area contributed by atoms with Gasteiger partial charge in [-0.3, -0.25) is 0 Å². The fraction of sp³-hybridized carbons (Fsp3) is 0. The lowest BCUT2D eigenvalue weighted by Crippen LogP contribution is -2.00. The number of para-hydroxylation sites is 2. The van der Waals surface area contributed by atoms with Gasteiger partial charge in [0.05, 0.1) is 22.1 Å². The molecule has 14 aromatic rings. The van der Waals surface area contributed by atoms with Gasteiger partial charge in [0, 0.05) is 43.6 Å². The minimum atomic E-state index is 0.571. The molecule has 0 fully saturated rings. The summed E-state index contributed by atoms with van der Waals surface area (Å²) < 4.78 is 15.9. The van der Waals surface area contributed by atoms with Crippen molar-refractivity contribution in [1.29, 1.82) is 0 Å². The maximum absolute atomic E-state index is 6.76. The van der Waals surface area contributed by atoms with E-state index in [1.807, 2.05) is 48.5 Å². The standard InChI is InChI=1S/C63H38N4O2/c1-4-14-39(15-5-1)41-24-26-43(27-25-41)62-64-61(42-18-8-3-9-19-42)65-63(66-62)46-29-32-50-49-31-28-45(36-57(49)69-58(50)37-46)47-35-55(60-51-21-11-13-23-56(51)68-59(60)38-47)67-53-22-12-10-20-48(53)52-34-44(30-33-54(52)67)40-16-6-2-7-17-40/h1-38H. The molecular formula is C63H38N4O2. The summed E-state index contributed by atoms with van der Waals surface area (Å²) in [5.41, 5.74) is 15.9. The highest BCUT2D eigenvalue weighted by Gasteiger charge is 2.21. The van der Waals surface area contributed by atoms with Gasteiger partial charge in [-0.1, -0.05) is 170 Å². The Balaban J connectivity index is 0.894. The molecule has 0 radical (unpaired) electrons. The highest BCUT2D eigenvalue weighted by molar-refractivity contribution is 6.16. The van der Waals surface area contributed by atoms with Crippen molar-refractivity contribution in [1.82, 2.24) is 19.5 Å². The van der Waals surface area contributed by atoms with Crippen LogP contribution < -0.4 is 0 Å². The molecule has 0 saturated heterocycles. The number of aromatic nitrogens is 4. The van der Waals surface area contributed by atoms with Gasteiger partial charge in [0.15, 0.2) is 17.5 Å². The zero-order chi connectivity index (χ0) is 45.4. The van der Waals surface area contributed by atoms with Crippen LogP contribution >= 0.6 is 0 Å². The molecule has 4 heterocycles. The summed E-state index contributed by atoms with van der Waals surface area (Å²) >= 11 is 0. The van der Waals surface area contributed by atoms with E-state index in [-0.39, 0.29) is 0 Å². The van der Waals surface area contributed by atoms with Gasteiger partial charge in [0.1, 0.15) is 22.3 Å². The normalized spacial score (nSPS) is 11.8. The average Bonchev–Trinajstić information content (AvgIpc) is 4.10. The minimum Gasteiger partial charge on any atom is -0.456 e. The van der Waals surface area contributed by atoms with Crippen LogP contribution in [0.2, 0.25) is 0 Å². The zero-order valence-corrected chi connectivity index (χ0v) is 37.0. The Bertz CT molecular complexity index is 4290. The smallest absolute Gasteiger partial charge is 0.164 e. The Morgan fingerprint density at radius 2 is 0.710 bits per heavy atom. The van der Waals surface area contributed by atoms with E-state index < -0.39 is 0 Å². The van der Waals surface area contributed by atoms with Crippen LogP contribution in [0.1, 0.15) is 0 Å². The van der Waals surface area contributed by atoms with Crippen LogP contribution in [-0.4, -0.2) is 19.5 Å². The Kier molecular flexibility index (Phi) is 8.79. The highest BCUT2D eigenvalue weighted by atomic mass is 16.3. The van der Waals surface area contributed by atoms with Crippen molar-refractivity contribution in [3.8, 4) is 73.2 Å². The van der Waals surface area contributed by atoms with E-state index in [0.29, 0.717) is 17.5 Å². The minimum absolute atomic E-state index is 0.571. The van der Waals surface area contributed by atoms with Gasteiger partial charge in [-0.05, 0) is 94.0 Å². The number of furan rings is 2. The molecule has 4 aromatic heterocycles. The Labute approximate surface area is 396 Å². The summed E-state index contributed by atoms with van der Waals surface area (Å²) in [6, 6.07) is 80.5. The molecule has 0 unspecified atom stereocenters. The Morgan fingerprint density at radius 1 is 0.261 bits per heavy atom. The predicted octanol–water partition coefficient (Wildman–Crippen LogP) is 16.8. The van der Waals surface area contributed by atoms with Crippen molar-refractivity contribution >= 4 is 65.7 Å². The third kappa shape index (κ3) is 6.53. The second-order valence-electron chi connectivity index (χ2n) is 17.6. The van der Waals surface area contributed by atoms with E-state index in [9.17, 15) is 0 Å². The van der Waals surface area contributed by atoms with Gasteiger partial charge in [-0.25, -0.2) is 15.0 Å². The van der Waals surface area contributed by atoms with Crippen LogP contribution in [0.3, 0.4) is 0 Å². The van der Waals surface area contributed by atoms with Crippen molar-refractivity contribution in [2.45, 2.75) is 0 Å². The number of hydrogen-bond acceptors (Lipinski definition) is 5. The van der Waals surface area contributed by atoms with Crippen LogP contribution in [0, 0.1) is 0 Å². The molecular weight excluding hydrogens is 845 g/mol. The van der Waals surface area contributed by atoms with Crippen LogP contribution in [0.25, 0.3) is 139 Å². The van der Waals surface area contributed by atoms with E-state index >= 15 is 0 Å². The van der Waals surface area contributed by atoms with Crippen molar-refractivity contribution < 1.29 is 8.83 Å². The van der Waals surface area contributed by atoms with E-state index in [2.05, 4.69) is 187 Å². The number of benzene rings is 10. The summed E-state index contributed by atoms with van der Waals surface area (Å²) in [7, 11) is 0. The lowest BCUT2D eigenvalue weighted by atomic mass is 10.00. The zero-order valence-electron chi connectivity index (χ0n) is 37.0. The number of nitrogens with zero attached hydrogens (tertiary/aromatic N) is 4. The van der Waals surface area contributed by atoms with Gasteiger partial charge < -0.3 is 13.4 Å². The van der Waals surface area contributed by atoms with Gasteiger partial charge >= 0.3 is 0 Å². The van der Waals surface area contributed by atoms with Crippen molar-refractivity contribution in [2.24, 2.45) is 0 Å². The fourth-order valence-electron chi connectivity index (χ4n) is 10.1. The summed E-state index contributed by atoms with van der Waals surface area (Å²) in [5, 5.41) is 6.59. The molecule has 0 N–H and O–H groups in total. The fourth-order valence-corrected chi connectivity index (χ4v) is 10.1. The van der Waals surface area contributed by atoms with Crippen molar-refractivity contribution in [2.75, 3.05) is 0 Å². The molecule has 0 spiro atoms. The quantitative estimate of drug-likeness (QED) is 0.159. The topological polar surface area (TPSA) is 69.9 Å². The van der Waals surface area contributed by atoms with Gasteiger partial charge in [0.2, 0.25) is 0 Å². The second-order valence-corrected chi connectivity index (χ2v) is 17.6. The summed E-state index contributed by atoms with van der Waals surface area (Å²) in [5.74, 6) is 1.78. The molecule has 0 saturated carbocycles. The van der Waals surface area contributed by atoms with Crippen molar-refractivity contribution in [3.63, 3.8) is 0 Å². The third-order valence-corrected chi connectivity index (χ3v) is 13.5. The molecule has 0 aliphatic carbocycles. The van der Waals surface area contributed by atoms with Gasteiger partial charge in [0.25, 0.3) is 0 Å². The molecule has 6 heteroatoms.